The molecule has 0 radical (unpaired) electrons. The molecule has 0 fully saturated rings. The lowest BCUT2D eigenvalue weighted by molar-refractivity contribution is -0.0388. The van der Waals surface area contributed by atoms with Crippen LogP contribution in [0.15, 0.2) is 46.2 Å². The lowest BCUT2D eigenvalue weighted by atomic mass is 9.86. The Balaban J connectivity index is 2.31. The van der Waals surface area contributed by atoms with Gasteiger partial charge in [-0.15, -0.1) is 0 Å². The van der Waals surface area contributed by atoms with Gasteiger partial charge in [0.15, 0.2) is 0 Å². The van der Waals surface area contributed by atoms with Crippen molar-refractivity contribution in [2.75, 3.05) is 27.1 Å². The second-order valence-electron chi connectivity index (χ2n) is 7.88. The van der Waals surface area contributed by atoms with Crippen molar-refractivity contribution in [2.24, 2.45) is 0 Å². The van der Waals surface area contributed by atoms with E-state index in [0.717, 1.165) is 38.1 Å². The molecule has 0 saturated heterocycles. The van der Waals surface area contributed by atoms with Crippen molar-refractivity contribution in [2.45, 2.75) is 49.8 Å². The third-order valence-corrected chi connectivity index (χ3v) is 7.64. The standard InChI is InChI=1S/C22H30O5S2/c1-16-7-9-18(10-8-16)29(23,24)28-21-13-17(2)20(14-19(21)22(3,4)5)27-12-11-26-15-25-6/h7-10,13-14H,11-12,15H2,1-6H3. The van der Waals surface area contributed by atoms with Gasteiger partial charge in [-0.1, -0.05) is 38.5 Å². The molecule has 0 N–H and O–H groups in total. The highest BCUT2D eigenvalue weighted by Crippen LogP contribution is 2.41. The Hall–Kier alpha value is -1.54. The maximum atomic E-state index is 13.0. The monoisotopic (exact) mass is 438 g/mol. The van der Waals surface area contributed by atoms with Gasteiger partial charge in [-0.3, -0.25) is 0 Å². The Morgan fingerprint density at radius 1 is 1.00 bits per heavy atom. The molecule has 0 aliphatic carbocycles. The summed E-state index contributed by atoms with van der Waals surface area (Å²) in [6.45, 7) is 11.1. The van der Waals surface area contributed by atoms with E-state index in [4.69, 9.17) is 14.2 Å². The summed E-state index contributed by atoms with van der Waals surface area (Å²) in [5.41, 5.74) is 2.59. The van der Waals surface area contributed by atoms with Crippen LogP contribution in [0.2, 0.25) is 0 Å². The van der Waals surface area contributed by atoms with Crippen molar-refractivity contribution in [1.29, 1.82) is 0 Å². The molecule has 0 aliphatic rings. The fourth-order valence-electron chi connectivity index (χ4n) is 2.70. The van der Waals surface area contributed by atoms with Crippen LogP contribution < -0.4 is 4.74 Å². The Labute approximate surface area is 178 Å². The molecular weight excluding hydrogens is 408 g/mol. The van der Waals surface area contributed by atoms with Crippen LogP contribution in [0.1, 0.15) is 37.5 Å². The average Bonchev–Trinajstić information content (AvgIpc) is 2.62. The zero-order valence-electron chi connectivity index (χ0n) is 17.9. The number of benzene rings is 2. The number of rotatable bonds is 9. The van der Waals surface area contributed by atoms with Crippen LogP contribution in [0.3, 0.4) is 0 Å². The van der Waals surface area contributed by atoms with Crippen LogP contribution in [-0.2, 0) is 23.8 Å². The van der Waals surface area contributed by atoms with E-state index in [2.05, 4.69) is 20.8 Å². The Morgan fingerprint density at radius 2 is 1.66 bits per heavy atom. The molecule has 2 rings (SSSR count). The second-order valence-corrected chi connectivity index (χ2v) is 11.7. The first-order valence-corrected chi connectivity index (χ1v) is 12.2. The summed E-state index contributed by atoms with van der Waals surface area (Å²) in [7, 11) is -1.07. The van der Waals surface area contributed by atoms with Gasteiger partial charge in [0, 0.05) is 22.8 Å². The molecule has 0 atom stereocenters. The van der Waals surface area contributed by atoms with Crippen LogP contribution in [-0.4, -0.2) is 35.5 Å². The highest BCUT2D eigenvalue weighted by Gasteiger charge is 2.25. The summed E-state index contributed by atoms with van der Waals surface area (Å²) in [5, 5.41) is 0. The highest BCUT2D eigenvalue weighted by molar-refractivity contribution is 8.72. The van der Waals surface area contributed by atoms with E-state index in [9.17, 15) is 8.42 Å². The molecule has 29 heavy (non-hydrogen) atoms. The fourth-order valence-corrected chi connectivity index (χ4v) is 5.92. The number of ether oxygens (including phenoxy) is 3. The molecule has 5 nitrogen and oxygen atoms in total. The van der Waals surface area contributed by atoms with Crippen molar-refractivity contribution in [3.8, 4) is 5.75 Å². The summed E-state index contributed by atoms with van der Waals surface area (Å²) >= 11 is 0. The van der Waals surface area contributed by atoms with Crippen LogP contribution in [0.4, 0.5) is 0 Å². The predicted molar refractivity (Wildman–Crippen MR) is 117 cm³/mol. The van der Waals surface area contributed by atoms with E-state index < -0.39 is 8.87 Å². The van der Waals surface area contributed by atoms with E-state index in [1.54, 1.807) is 19.2 Å². The molecule has 0 saturated carbocycles. The number of methoxy groups -OCH3 is 1. The van der Waals surface area contributed by atoms with Crippen molar-refractivity contribution in [3.05, 3.63) is 53.1 Å². The zero-order valence-corrected chi connectivity index (χ0v) is 19.6. The van der Waals surface area contributed by atoms with Crippen LogP contribution in [0.25, 0.3) is 0 Å². The summed E-state index contributed by atoms with van der Waals surface area (Å²) < 4.78 is 41.9. The van der Waals surface area contributed by atoms with Crippen molar-refractivity contribution in [3.63, 3.8) is 0 Å². The minimum absolute atomic E-state index is 0.224. The molecule has 0 unspecified atom stereocenters. The Kier molecular flexibility index (Phi) is 8.17. The Morgan fingerprint density at radius 3 is 2.24 bits per heavy atom. The van der Waals surface area contributed by atoms with Gasteiger partial charge in [-0.25, -0.2) is 8.42 Å². The normalized spacial score (nSPS) is 12.2. The molecule has 0 bridgehead atoms. The third kappa shape index (κ3) is 6.74. The summed E-state index contributed by atoms with van der Waals surface area (Å²) in [5.74, 6) is 0.730. The summed E-state index contributed by atoms with van der Waals surface area (Å²) in [6, 6.07) is 10.8. The summed E-state index contributed by atoms with van der Waals surface area (Å²) in [4.78, 5) is 1.03. The quantitative estimate of drug-likeness (QED) is 0.309. The van der Waals surface area contributed by atoms with Crippen LogP contribution in [0, 0.1) is 13.8 Å². The maximum Gasteiger partial charge on any atom is 0.234 e. The topological polar surface area (TPSA) is 61.8 Å². The molecule has 0 heterocycles. The van der Waals surface area contributed by atoms with Crippen molar-refractivity contribution < 1.29 is 22.6 Å². The molecule has 0 aromatic heterocycles. The lowest BCUT2D eigenvalue weighted by Crippen LogP contribution is -2.15. The van der Waals surface area contributed by atoms with Crippen LogP contribution in [0.5, 0.6) is 5.75 Å². The maximum absolute atomic E-state index is 13.0. The van der Waals surface area contributed by atoms with Crippen molar-refractivity contribution >= 4 is 19.7 Å². The summed E-state index contributed by atoms with van der Waals surface area (Å²) in [6.07, 6.45) is 0. The van der Waals surface area contributed by atoms with E-state index in [1.165, 1.54) is 0 Å². The highest BCUT2D eigenvalue weighted by atomic mass is 33.1. The first-order valence-electron chi connectivity index (χ1n) is 9.40. The molecule has 7 heteroatoms. The lowest BCUT2D eigenvalue weighted by Gasteiger charge is -2.24. The number of hydrogen-bond acceptors (Lipinski definition) is 6. The molecule has 160 valence electrons. The number of aryl methyl sites for hydroxylation is 2. The van der Waals surface area contributed by atoms with Gasteiger partial charge >= 0.3 is 0 Å². The Bertz CT molecular complexity index is 913. The molecule has 0 aliphatic heterocycles. The minimum Gasteiger partial charge on any atom is -0.491 e. The molecular formula is C22H30O5S2. The molecule has 0 amide bonds. The van der Waals surface area contributed by atoms with E-state index in [1.807, 2.05) is 38.1 Å². The zero-order chi connectivity index (χ0) is 21.7. The van der Waals surface area contributed by atoms with Crippen LogP contribution >= 0.6 is 10.8 Å². The third-order valence-electron chi connectivity index (χ3n) is 4.28. The molecule has 2 aromatic rings. The van der Waals surface area contributed by atoms with Gasteiger partial charge in [-0.2, -0.15) is 0 Å². The number of hydrogen-bond donors (Lipinski definition) is 0. The SMILES string of the molecule is COCOCCOc1cc(C(C)(C)C)c(SS(=O)(=O)c2ccc(C)cc2)cc1C. The average molecular weight is 439 g/mol. The van der Waals surface area contributed by atoms with Crippen molar-refractivity contribution in [1.82, 2.24) is 0 Å². The van der Waals surface area contributed by atoms with Gasteiger partial charge in [0.1, 0.15) is 19.1 Å². The largest absolute Gasteiger partial charge is 0.491 e. The first kappa shape index (κ1) is 23.7. The smallest absolute Gasteiger partial charge is 0.234 e. The van der Waals surface area contributed by atoms with E-state index in [0.29, 0.717) is 18.1 Å². The van der Waals surface area contributed by atoms with E-state index in [-0.39, 0.29) is 12.2 Å². The fraction of sp³-hybridized carbons (Fsp3) is 0.455. The second kappa shape index (κ2) is 9.98. The first-order chi connectivity index (χ1) is 13.5. The van der Waals surface area contributed by atoms with E-state index >= 15 is 0 Å². The molecule has 0 spiro atoms. The predicted octanol–water partition coefficient (Wildman–Crippen LogP) is 5.08. The van der Waals surface area contributed by atoms with Gasteiger partial charge < -0.3 is 14.2 Å². The van der Waals surface area contributed by atoms with Gasteiger partial charge in [0.2, 0.25) is 8.87 Å². The van der Waals surface area contributed by atoms with Gasteiger partial charge in [-0.05, 0) is 54.7 Å². The minimum atomic E-state index is -3.53. The van der Waals surface area contributed by atoms with Gasteiger partial charge in [0.25, 0.3) is 0 Å². The van der Waals surface area contributed by atoms with Gasteiger partial charge in [0.05, 0.1) is 11.5 Å². The molecule has 2 aromatic carbocycles.